The van der Waals surface area contributed by atoms with Crippen LogP contribution in [0.15, 0.2) is 24.4 Å². The summed E-state index contributed by atoms with van der Waals surface area (Å²) in [6.07, 6.45) is 1.41. The van der Waals surface area contributed by atoms with Crippen LogP contribution in [0.5, 0.6) is 0 Å². The Kier molecular flexibility index (Phi) is 2.79. The number of carbonyl (C=O) groups is 2. The zero-order chi connectivity index (χ0) is 14.3. The summed E-state index contributed by atoms with van der Waals surface area (Å²) in [5.41, 5.74) is 2.00. The molecule has 0 saturated carbocycles. The molecule has 6 nitrogen and oxygen atoms in total. The third-order valence-corrected chi connectivity index (χ3v) is 3.84. The topological polar surface area (TPSA) is 84.0 Å². The van der Waals surface area contributed by atoms with E-state index >= 15 is 0 Å². The van der Waals surface area contributed by atoms with Crippen LogP contribution < -0.4 is 10.6 Å². The van der Waals surface area contributed by atoms with Crippen LogP contribution in [-0.4, -0.2) is 20.6 Å². The molecule has 1 aliphatic rings. The molecule has 20 heavy (non-hydrogen) atoms. The lowest BCUT2D eigenvalue weighted by Crippen LogP contribution is -2.26. The minimum absolute atomic E-state index is 0.0420. The van der Waals surface area contributed by atoms with E-state index in [0.717, 1.165) is 23.0 Å². The first-order chi connectivity index (χ1) is 9.48. The van der Waals surface area contributed by atoms with Crippen molar-refractivity contribution in [2.75, 3.05) is 10.6 Å². The fraction of sp³-hybridized carbons (Fsp3) is 0.231. The highest BCUT2D eigenvalue weighted by atomic mass is 32.1. The van der Waals surface area contributed by atoms with Crippen molar-refractivity contribution >= 4 is 34.9 Å². The fourth-order valence-corrected chi connectivity index (χ4v) is 2.54. The molecule has 0 unspecified atom stereocenters. The van der Waals surface area contributed by atoms with Crippen LogP contribution in [0.4, 0.5) is 11.4 Å². The summed E-state index contributed by atoms with van der Waals surface area (Å²) in [6.45, 7) is 3.74. The van der Waals surface area contributed by atoms with E-state index in [0.29, 0.717) is 5.69 Å². The summed E-state index contributed by atoms with van der Waals surface area (Å²) in [7, 11) is 0. The molecule has 7 heteroatoms. The van der Waals surface area contributed by atoms with Crippen molar-refractivity contribution in [2.24, 2.45) is 0 Å². The molecule has 1 aromatic heterocycles. The summed E-state index contributed by atoms with van der Waals surface area (Å²) < 4.78 is 7.65. The van der Waals surface area contributed by atoms with Gasteiger partial charge in [-0.3, -0.25) is 9.59 Å². The van der Waals surface area contributed by atoms with E-state index in [1.165, 1.54) is 6.20 Å². The van der Waals surface area contributed by atoms with Gasteiger partial charge in [-0.25, -0.2) is 0 Å². The monoisotopic (exact) mass is 288 g/mol. The summed E-state index contributed by atoms with van der Waals surface area (Å²) in [5, 5.41) is 5.55. The smallest absolute Gasteiger partial charge is 0.277 e. The number of nitrogens with one attached hydrogen (secondary N) is 2. The second kappa shape index (κ2) is 4.38. The lowest BCUT2D eigenvalue weighted by Gasteiger charge is -2.15. The molecule has 3 rings (SSSR count). The van der Waals surface area contributed by atoms with Crippen molar-refractivity contribution in [2.45, 2.75) is 19.3 Å². The lowest BCUT2D eigenvalue weighted by atomic mass is 9.86. The number of anilines is 2. The maximum absolute atomic E-state index is 11.9. The molecule has 2 N–H and O–H groups in total. The Morgan fingerprint density at radius 1 is 1.40 bits per heavy atom. The third-order valence-electron chi connectivity index (χ3n) is 3.36. The number of aromatic nitrogens is 2. The molecule has 0 radical (unpaired) electrons. The molecule has 1 aromatic carbocycles. The molecular formula is C13H12N4O2S. The Balaban J connectivity index is 1.86. The third kappa shape index (κ3) is 1.96. The van der Waals surface area contributed by atoms with E-state index in [-0.39, 0.29) is 17.5 Å². The fourth-order valence-electron chi connectivity index (χ4n) is 2.13. The largest absolute Gasteiger partial charge is 0.325 e. The molecule has 1 aliphatic heterocycles. The first-order valence-electron chi connectivity index (χ1n) is 6.03. The molecule has 0 fully saturated rings. The van der Waals surface area contributed by atoms with Gasteiger partial charge in [-0.1, -0.05) is 6.07 Å². The molecule has 2 amide bonds. The van der Waals surface area contributed by atoms with E-state index < -0.39 is 5.41 Å². The first-order valence-corrected chi connectivity index (χ1v) is 6.76. The Hall–Kier alpha value is -2.28. The molecule has 2 heterocycles. The number of benzene rings is 1. The Morgan fingerprint density at radius 2 is 2.20 bits per heavy atom. The number of amides is 2. The molecule has 0 atom stereocenters. The summed E-state index contributed by atoms with van der Waals surface area (Å²) >= 11 is 0.981. The highest BCUT2D eigenvalue weighted by Crippen LogP contribution is 2.38. The molecule has 0 saturated heterocycles. The second-order valence-electron chi connectivity index (χ2n) is 5.09. The highest BCUT2D eigenvalue weighted by Gasteiger charge is 2.38. The van der Waals surface area contributed by atoms with Gasteiger partial charge in [-0.2, -0.15) is 8.75 Å². The van der Waals surface area contributed by atoms with Crippen LogP contribution in [0.1, 0.15) is 29.9 Å². The normalized spacial score (nSPS) is 15.6. The standard InChI is InChI=1S/C13H12N4O2S/c1-13(2)8-4-3-7(5-9(8)16-12(13)19)15-11(18)10-6-14-20-17-10/h3-6H,1-2H3,(H,15,18)(H,16,19). The van der Waals surface area contributed by atoms with Crippen LogP contribution in [0.25, 0.3) is 0 Å². The van der Waals surface area contributed by atoms with Crippen molar-refractivity contribution in [3.8, 4) is 0 Å². The van der Waals surface area contributed by atoms with Crippen molar-refractivity contribution in [3.63, 3.8) is 0 Å². The number of hydrogen-bond acceptors (Lipinski definition) is 5. The van der Waals surface area contributed by atoms with Crippen molar-refractivity contribution in [3.05, 3.63) is 35.7 Å². The van der Waals surface area contributed by atoms with Gasteiger partial charge in [0, 0.05) is 11.4 Å². The van der Waals surface area contributed by atoms with Gasteiger partial charge in [-0.05, 0) is 31.5 Å². The Labute approximate surface area is 119 Å². The van der Waals surface area contributed by atoms with Gasteiger partial charge in [0.05, 0.1) is 23.3 Å². The van der Waals surface area contributed by atoms with Crippen molar-refractivity contribution < 1.29 is 9.59 Å². The zero-order valence-corrected chi connectivity index (χ0v) is 11.7. The van der Waals surface area contributed by atoms with Crippen LogP contribution in [0.3, 0.4) is 0 Å². The SMILES string of the molecule is CC1(C)C(=O)Nc2cc(NC(=O)c3cnsn3)ccc21. The molecule has 102 valence electrons. The Bertz CT molecular complexity index is 694. The van der Waals surface area contributed by atoms with Crippen LogP contribution in [-0.2, 0) is 10.2 Å². The minimum atomic E-state index is -0.545. The van der Waals surface area contributed by atoms with Gasteiger partial charge in [0.25, 0.3) is 5.91 Å². The molecule has 2 aromatic rings. The van der Waals surface area contributed by atoms with Crippen LogP contribution in [0.2, 0.25) is 0 Å². The average Bonchev–Trinajstić information content (AvgIpc) is 2.98. The van der Waals surface area contributed by atoms with E-state index in [4.69, 9.17) is 0 Å². The van der Waals surface area contributed by atoms with Crippen LogP contribution >= 0.6 is 11.7 Å². The highest BCUT2D eigenvalue weighted by molar-refractivity contribution is 6.99. The number of fused-ring (bicyclic) bond motifs is 1. The second-order valence-corrected chi connectivity index (χ2v) is 5.64. The molecular weight excluding hydrogens is 276 g/mol. The predicted molar refractivity (Wildman–Crippen MR) is 76.0 cm³/mol. The van der Waals surface area contributed by atoms with E-state index in [1.54, 1.807) is 12.1 Å². The summed E-state index contributed by atoms with van der Waals surface area (Å²) in [5.74, 6) is -0.359. The van der Waals surface area contributed by atoms with Crippen molar-refractivity contribution in [1.29, 1.82) is 0 Å². The predicted octanol–water partition coefficient (Wildman–Crippen LogP) is 2.02. The number of hydrogen-bond donors (Lipinski definition) is 2. The van der Waals surface area contributed by atoms with Gasteiger partial charge in [0.15, 0.2) is 5.69 Å². The van der Waals surface area contributed by atoms with E-state index in [1.807, 2.05) is 19.9 Å². The first kappa shape index (κ1) is 12.7. The minimum Gasteiger partial charge on any atom is -0.325 e. The number of rotatable bonds is 2. The Morgan fingerprint density at radius 3 is 2.90 bits per heavy atom. The number of carbonyl (C=O) groups excluding carboxylic acids is 2. The molecule has 0 aliphatic carbocycles. The maximum atomic E-state index is 11.9. The van der Waals surface area contributed by atoms with E-state index in [9.17, 15) is 9.59 Å². The average molecular weight is 288 g/mol. The van der Waals surface area contributed by atoms with Gasteiger partial charge in [-0.15, -0.1) is 0 Å². The quantitative estimate of drug-likeness (QED) is 0.885. The molecule has 0 spiro atoms. The summed E-state index contributed by atoms with van der Waals surface area (Å²) in [6, 6.07) is 5.38. The van der Waals surface area contributed by atoms with Gasteiger partial charge in [0.2, 0.25) is 5.91 Å². The van der Waals surface area contributed by atoms with E-state index in [2.05, 4.69) is 19.4 Å². The lowest BCUT2D eigenvalue weighted by molar-refractivity contribution is -0.119. The summed E-state index contributed by atoms with van der Waals surface area (Å²) in [4.78, 5) is 23.7. The molecule has 0 bridgehead atoms. The zero-order valence-electron chi connectivity index (χ0n) is 10.9. The van der Waals surface area contributed by atoms with Gasteiger partial charge >= 0.3 is 0 Å². The maximum Gasteiger partial charge on any atom is 0.277 e. The van der Waals surface area contributed by atoms with Gasteiger partial charge < -0.3 is 10.6 Å². The van der Waals surface area contributed by atoms with Crippen LogP contribution in [0, 0.1) is 0 Å². The van der Waals surface area contributed by atoms with Gasteiger partial charge in [0.1, 0.15) is 0 Å². The number of nitrogens with zero attached hydrogens (tertiary/aromatic N) is 2. The van der Waals surface area contributed by atoms with Crippen molar-refractivity contribution in [1.82, 2.24) is 8.75 Å².